The van der Waals surface area contributed by atoms with Crippen LogP contribution in [0.3, 0.4) is 0 Å². The first kappa shape index (κ1) is 13.2. The molecule has 4 nitrogen and oxygen atoms in total. The third-order valence-corrected chi connectivity index (χ3v) is 3.65. The number of rotatable bonds is 3. The van der Waals surface area contributed by atoms with Crippen LogP contribution < -0.4 is 5.73 Å². The molecule has 0 aliphatic heterocycles. The Kier molecular flexibility index (Phi) is 3.50. The van der Waals surface area contributed by atoms with Crippen LogP contribution in [0.15, 0.2) is 10.6 Å². The second-order valence-electron chi connectivity index (χ2n) is 4.42. The van der Waals surface area contributed by atoms with Gasteiger partial charge in [0, 0.05) is 12.1 Å². The summed E-state index contributed by atoms with van der Waals surface area (Å²) in [6.07, 6.45) is 1.64. The maximum atomic E-state index is 6.35. The van der Waals surface area contributed by atoms with E-state index in [4.69, 9.17) is 21.8 Å². The number of hydrogen-bond donors (Lipinski definition) is 1. The van der Waals surface area contributed by atoms with Crippen LogP contribution in [0.1, 0.15) is 41.3 Å². The molecule has 2 aromatic rings. The zero-order valence-electron chi connectivity index (χ0n) is 11.1. The van der Waals surface area contributed by atoms with E-state index in [1.807, 2.05) is 32.4 Å². The first-order valence-corrected chi connectivity index (χ1v) is 6.38. The standard InChI is InChI=1S/C13H18ClN3O/c1-5-17-13(10(14)6-16-17)12(15)11-7(2)8(3)18-9(11)4/h6,12H,5,15H2,1-4H3. The lowest BCUT2D eigenvalue weighted by atomic mass is 10.00. The van der Waals surface area contributed by atoms with E-state index in [2.05, 4.69) is 5.10 Å². The number of nitrogens with two attached hydrogens (primary N) is 1. The lowest BCUT2D eigenvalue weighted by Crippen LogP contribution is -2.18. The molecule has 0 amide bonds. The highest BCUT2D eigenvalue weighted by Crippen LogP contribution is 2.32. The third kappa shape index (κ3) is 1.95. The minimum Gasteiger partial charge on any atom is -0.466 e. The highest BCUT2D eigenvalue weighted by molar-refractivity contribution is 6.31. The van der Waals surface area contributed by atoms with E-state index in [1.165, 1.54) is 0 Å². The predicted molar refractivity (Wildman–Crippen MR) is 71.9 cm³/mol. The predicted octanol–water partition coefficient (Wildman–Crippen LogP) is 3.12. The summed E-state index contributed by atoms with van der Waals surface area (Å²) >= 11 is 6.19. The van der Waals surface area contributed by atoms with Crippen molar-refractivity contribution in [2.45, 2.75) is 40.3 Å². The fourth-order valence-electron chi connectivity index (χ4n) is 2.34. The fourth-order valence-corrected chi connectivity index (χ4v) is 2.60. The Morgan fingerprint density at radius 2 is 2.06 bits per heavy atom. The Balaban J connectivity index is 2.54. The van der Waals surface area contributed by atoms with E-state index in [-0.39, 0.29) is 6.04 Å². The summed E-state index contributed by atoms with van der Waals surface area (Å²) < 4.78 is 7.45. The van der Waals surface area contributed by atoms with Crippen LogP contribution in [-0.2, 0) is 6.54 Å². The van der Waals surface area contributed by atoms with Crippen molar-refractivity contribution in [2.75, 3.05) is 0 Å². The average Bonchev–Trinajstić information content (AvgIpc) is 2.80. The minimum atomic E-state index is -0.308. The van der Waals surface area contributed by atoms with Gasteiger partial charge in [0.25, 0.3) is 0 Å². The van der Waals surface area contributed by atoms with Crippen LogP contribution in [0.2, 0.25) is 5.02 Å². The topological polar surface area (TPSA) is 57.0 Å². The molecule has 2 rings (SSSR count). The molecule has 2 N–H and O–H groups in total. The monoisotopic (exact) mass is 267 g/mol. The Hall–Kier alpha value is -1.26. The van der Waals surface area contributed by atoms with Crippen molar-refractivity contribution in [1.82, 2.24) is 9.78 Å². The summed E-state index contributed by atoms with van der Waals surface area (Å²) in [4.78, 5) is 0. The quantitative estimate of drug-likeness (QED) is 0.930. The smallest absolute Gasteiger partial charge is 0.106 e. The molecule has 2 aromatic heterocycles. The van der Waals surface area contributed by atoms with Crippen LogP contribution in [0, 0.1) is 20.8 Å². The highest BCUT2D eigenvalue weighted by atomic mass is 35.5. The second kappa shape index (κ2) is 4.78. The molecule has 18 heavy (non-hydrogen) atoms. The molecule has 0 radical (unpaired) electrons. The van der Waals surface area contributed by atoms with Gasteiger partial charge >= 0.3 is 0 Å². The molecule has 0 aromatic carbocycles. The van der Waals surface area contributed by atoms with Crippen molar-refractivity contribution >= 4 is 11.6 Å². The molecule has 98 valence electrons. The molecule has 0 fully saturated rings. The number of aryl methyl sites for hydroxylation is 3. The third-order valence-electron chi connectivity index (χ3n) is 3.36. The van der Waals surface area contributed by atoms with Crippen molar-refractivity contribution in [2.24, 2.45) is 5.73 Å². The van der Waals surface area contributed by atoms with Crippen molar-refractivity contribution < 1.29 is 4.42 Å². The maximum Gasteiger partial charge on any atom is 0.106 e. The van der Waals surface area contributed by atoms with Gasteiger partial charge in [-0.05, 0) is 33.3 Å². The molecule has 5 heteroatoms. The molecule has 0 saturated carbocycles. The molecule has 2 heterocycles. The molecule has 0 bridgehead atoms. The van der Waals surface area contributed by atoms with Gasteiger partial charge in [-0.25, -0.2) is 0 Å². The first-order chi connectivity index (χ1) is 8.47. The van der Waals surface area contributed by atoms with Crippen LogP contribution in [0.25, 0.3) is 0 Å². The molecular weight excluding hydrogens is 250 g/mol. The summed E-state index contributed by atoms with van der Waals surface area (Å²) in [7, 11) is 0. The summed E-state index contributed by atoms with van der Waals surface area (Å²) in [5, 5.41) is 4.82. The van der Waals surface area contributed by atoms with E-state index in [0.29, 0.717) is 5.02 Å². The maximum absolute atomic E-state index is 6.35. The zero-order chi connectivity index (χ0) is 13.4. The Morgan fingerprint density at radius 3 is 2.56 bits per heavy atom. The summed E-state index contributed by atoms with van der Waals surface area (Å²) in [5.41, 5.74) is 9.27. The lowest BCUT2D eigenvalue weighted by Gasteiger charge is -2.14. The average molecular weight is 268 g/mol. The van der Waals surface area contributed by atoms with E-state index >= 15 is 0 Å². The van der Waals surface area contributed by atoms with Gasteiger partial charge in [-0.15, -0.1) is 0 Å². The van der Waals surface area contributed by atoms with E-state index in [0.717, 1.165) is 34.9 Å². The molecule has 1 atom stereocenters. The summed E-state index contributed by atoms with van der Waals surface area (Å²) in [6.45, 7) is 8.64. The van der Waals surface area contributed by atoms with E-state index in [1.54, 1.807) is 6.20 Å². The minimum absolute atomic E-state index is 0.308. The molecule has 1 unspecified atom stereocenters. The van der Waals surface area contributed by atoms with Gasteiger partial charge in [-0.3, -0.25) is 4.68 Å². The second-order valence-corrected chi connectivity index (χ2v) is 4.83. The number of aromatic nitrogens is 2. The van der Waals surface area contributed by atoms with Gasteiger partial charge in [0.05, 0.1) is 23.0 Å². The van der Waals surface area contributed by atoms with Gasteiger partial charge in [0.1, 0.15) is 11.5 Å². The fraction of sp³-hybridized carbons (Fsp3) is 0.462. The summed E-state index contributed by atoms with van der Waals surface area (Å²) in [6, 6.07) is -0.308. The Morgan fingerprint density at radius 1 is 1.39 bits per heavy atom. The van der Waals surface area contributed by atoms with Crippen molar-refractivity contribution in [1.29, 1.82) is 0 Å². The molecule has 0 aliphatic carbocycles. The lowest BCUT2D eigenvalue weighted by molar-refractivity contribution is 0.496. The van der Waals surface area contributed by atoms with Crippen LogP contribution in [0.4, 0.5) is 0 Å². The van der Waals surface area contributed by atoms with Crippen molar-refractivity contribution in [3.8, 4) is 0 Å². The first-order valence-electron chi connectivity index (χ1n) is 6.00. The molecule has 0 spiro atoms. The number of nitrogens with zero attached hydrogens (tertiary/aromatic N) is 2. The van der Waals surface area contributed by atoms with Gasteiger partial charge in [0.2, 0.25) is 0 Å². The van der Waals surface area contributed by atoms with Crippen LogP contribution in [-0.4, -0.2) is 9.78 Å². The van der Waals surface area contributed by atoms with E-state index < -0.39 is 0 Å². The normalized spacial score (nSPS) is 13.0. The van der Waals surface area contributed by atoms with E-state index in [9.17, 15) is 0 Å². The van der Waals surface area contributed by atoms with Gasteiger partial charge in [-0.1, -0.05) is 11.6 Å². The van der Waals surface area contributed by atoms with Gasteiger partial charge < -0.3 is 10.2 Å². The number of hydrogen-bond acceptors (Lipinski definition) is 3. The van der Waals surface area contributed by atoms with Gasteiger partial charge in [-0.2, -0.15) is 5.10 Å². The summed E-state index contributed by atoms with van der Waals surface area (Å²) in [5.74, 6) is 1.74. The number of halogens is 1. The van der Waals surface area contributed by atoms with Gasteiger partial charge in [0.15, 0.2) is 0 Å². The van der Waals surface area contributed by atoms with Crippen molar-refractivity contribution in [3.63, 3.8) is 0 Å². The number of furan rings is 1. The Labute approximate surface area is 112 Å². The Bertz CT molecular complexity index is 571. The largest absolute Gasteiger partial charge is 0.466 e. The molecular formula is C13H18ClN3O. The SMILES string of the molecule is CCn1ncc(Cl)c1C(N)c1c(C)oc(C)c1C. The van der Waals surface area contributed by atoms with Crippen LogP contribution in [0.5, 0.6) is 0 Å². The van der Waals surface area contributed by atoms with Crippen molar-refractivity contribution in [3.05, 3.63) is 39.6 Å². The zero-order valence-corrected chi connectivity index (χ0v) is 11.9. The van der Waals surface area contributed by atoms with Crippen LogP contribution >= 0.6 is 11.6 Å². The molecule has 0 aliphatic rings. The molecule has 0 saturated heterocycles. The highest BCUT2D eigenvalue weighted by Gasteiger charge is 2.24.